The zero-order valence-corrected chi connectivity index (χ0v) is 12.1. The molecule has 112 valence electrons. The van der Waals surface area contributed by atoms with E-state index in [-0.39, 0.29) is 12.5 Å². The first kappa shape index (κ1) is 15.5. The molecule has 0 heterocycles. The van der Waals surface area contributed by atoms with Gasteiger partial charge in [0.25, 0.3) is 5.91 Å². The normalized spacial score (nSPS) is 11.3. The van der Waals surface area contributed by atoms with E-state index >= 15 is 0 Å². The van der Waals surface area contributed by atoms with Gasteiger partial charge in [-0.3, -0.25) is 4.79 Å². The van der Waals surface area contributed by atoms with Crippen molar-refractivity contribution >= 4 is 11.6 Å². The number of ether oxygens (including phenoxy) is 1. The summed E-state index contributed by atoms with van der Waals surface area (Å²) in [6, 6.07) is 15.7. The van der Waals surface area contributed by atoms with Crippen LogP contribution < -0.4 is 10.1 Å². The second kappa shape index (κ2) is 7.25. The van der Waals surface area contributed by atoms with Crippen molar-refractivity contribution in [3.63, 3.8) is 0 Å². The molecule has 0 fully saturated rings. The average Bonchev–Trinajstić information content (AvgIpc) is 2.55. The number of nitriles is 1. The van der Waals surface area contributed by atoms with E-state index in [9.17, 15) is 4.79 Å². The number of hydrogen-bond donors (Lipinski definition) is 2. The maximum atomic E-state index is 12.1. The molecule has 0 radical (unpaired) electrons. The number of hydrogen-bond acceptors (Lipinski definition) is 4. The summed E-state index contributed by atoms with van der Waals surface area (Å²) in [5.74, 6) is 0.0413. The summed E-state index contributed by atoms with van der Waals surface area (Å²) in [5.41, 5.74) is 1.67. The van der Waals surface area contributed by atoms with Gasteiger partial charge >= 0.3 is 0 Å². The van der Waals surface area contributed by atoms with Gasteiger partial charge in [0, 0.05) is 5.69 Å². The Hall–Kier alpha value is -2.84. The zero-order chi connectivity index (χ0) is 15.9. The lowest BCUT2D eigenvalue weighted by Gasteiger charge is -2.15. The van der Waals surface area contributed by atoms with E-state index < -0.39 is 6.10 Å². The Balaban J connectivity index is 2.04. The van der Waals surface area contributed by atoms with Crippen molar-refractivity contribution in [2.45, 2.75) is 19.6 Å². The van der Waals surface area contributed by atoms with Crippen LogP contribution in [-0.2, 0) is 11.4 Å². The minimum Gasteiger partial charge on any atom is -0.480 e. The molecule has 1 unspecified atom stereocenters. The molecule has 0 saturated heterocycles. The summed E-state index contributed by atoms with van der Waals surface area (Å²) in [7, 11) is 0. The molecule has 0 aliphatic rings. The van der Waals surface area contributed by atoms with Gasteiger partial charge in [-0.25, -0.2) is 0 Å². The van der Waals surface area contributed by atoms with E-state index in [0.717, 1.165) is 0 Å². The molecule has 2 rings (SSSR count). The summed E-state index contributed by atoms with van der Waals surface area (Å²) in [4.78, 5) is 12.1. The number of para-hydroxylation sites is 1. The van der Waals surface area contributed by atoms with E-state index in [1.165, 1.54) is 0 Å². The average molecular weight is 296 g/mol. The highest BCUT2D eigenvalue weighted by molar-refractivity contribution is 5.94. The van der Waals surface area contributed by atoms with Crippen LogP contribution >= 0.6 is 0 Å². The number of aliphatic hydroxyl groups is 1. The van der Waals surface area contributed by atoms with Gasteiger partial charge in [0.1, 0.15) is 11.8 Å². The quantitative estimate of drug-likeness (QED) is 0.888. The number of amides is 1. The third-order valence-electron chi connectivity index (χ3n) is 3.06. The van der Waals surface area contributed by atoms with Crippen molar-refractivity contribution in [1.82, 2.24) is 0 Å². The fourth-order valence-electron chi connectivity index (χ4n) is 1.90. The summed E-state index contributed by atoms with van der Waals surface area (Å²) in [5, 5.41) is 20.8. The lowest BCUT2D eigenvalue weighted by atomic mass is 10.2. The molecule has 0 aliphatic heterocycles. The molecular formula is C17H16N2O3. The minimum absolute atomic E-state index is 0.0920. The van der Waals surface area contributed by atoms with Gasteiger partial charge in [0.05, 0.1) is 12.2 Å². The molecule has 0 bridgehead atoms. The van der Waals surface area contributed by atoms with Crippen LogP contribution in [0.1, 0.15) is 18.1 Å². The predicted molar refractivity (Wildman–Crippen MR) is 82.2 cm³/mol. The van der Waals surface area contributed by atoms with Crippen molar-refractivity contribution in [1.29, 1.82) is 5.26 Å². The molecule has 2 aromatic rings. The van der Waals surface area contributed by atoms with Crippen LogP contribution in [0, 0.1) is 11.3 Å². The second-order valence-corrected chi connectivity index (χ2v) is 4.72. The Morgan fingerprint density at radius 3 is 2.82 bits per heavy atom. The van der Waals surface area contributed by atoms with Crippen LogP contribution in [0.25, 0.3) is 0 Å². The van der Waals surface area contributed by atoms with Crippen LogP contribution in [0.5, 0.6) is 5.75 Å². The van der Waals surface area contributed by atoms with Crippen molar-refractivity contribution in [3.8, 4) is 11.8 Å². The van der Waals surface area contributed by atoms with Gasteiger partial charge in [0.15, 0.2) is 6.10 Å². The van der Waals surface area contributed by atoms with Crippen LogP contribution in [0.3, 0.4) is 0 Å². The van der Waals surface area contributed by atoms with Gasteiger partial charge < -0.3 is 15.2 Å². The second-order valence-electron chi connectivity index (χ2n) is 4.72. The number of aliphatic hydroxyl groups excluding tert-OH is 1. The number of anilines is 1. The van der Waals surface area contributed by atoms with Crippen LogP contribution in [-0.4, -0.2) is 17.1 Å². The third kappa shape index (κ3) is 3.84. The Kier molecular flexibility index (Phi) is 5.12. The molecule has 0 aromatic heterocycles. The van der Waals surface area contributed by atoms with E-state index in [0.29, 0.717) is 22.6 Å². The maximum Gasteiger partial charge on any atom is 0.265 e. The first-order valence-corrected chi connectivity index (χ1v) is 6.80. The van der Waals surface area contributed by atoms with Crippen LogP contribution in [0.4, 0.5) is 5.69 Å². The molecule has 1 atom stereocenters. The Bertz CT molecular complexity index is 707. The summed E-state index contributed by atoms with van der Waals surface area (Å²) in [6.45, 7) is 1.52. The van der Waals surface area contributed by atoms with Gasteiger partial charge in [-0.05, 0) is 36.8 Å². The SMILES string of the molecule is CC(Oc1ccccc1C#N)C(=O)Nc1cccc(CO)c1. The molecule has 2 aromatic carbocycles. The summed E-state index contributed by atoms with van der Waals surface area (Å²) < 4.78 is 5.54. The predicted octanol–water partition coefficient (Wildman–Crippen LogP) is 2.46. The smallest absolute Gasteiger partial charge is 0.265 e. The lowest BCUT2D eigenvalue weighted by molar-refractivity contribution is -0.122. The zero-order valence-electron chi connectivity index (χ0n) is 12.1. The molecule has 0 aliphatic carbocycles. The van der Waals surface area contributed by atoms with E-state index in [1.54, 1.807) is 55.5 Å². The van der Waals surface area contributed by atoms with Gasteiger partial charge in [0.2, 0.25) is 0 Å². The van der Waals surface area contributed by atoms with Crippen LogP contribution in [0.15, 0.2) is 48.5 Å². The topological polar surface area (TPSA) is 82.3 Å². The number of carbonyl (C=O) groups is 1. The third-order valence-corrected chi connectivity index (χ3v) is 3.06. The Morgan fingerprint density at radius 1 is 1.32 bits per heavy atom. The van der Waals surface area contributed by atoms with Gasteiger partial charge in [-0.15, -0.1) is 0 Å². The number of rotatable bonds is 5. The van der Waals surface area contributed by atoms with Crippen molar-refractivity contribution in [3.05, 3.63) is 59.7 Å². The number of nitrogens with zero attached hydrogens (tertiary/aromatic N) is 1. The fourth-order valence-corrected chi connectivity index (χ4v) is 1.90. The Morgan fingerprint density at radius 2 is 2.09 bits per heavy atom. The van der Waals surface area contributed by atoms with Crippen LogP contribution in [0.2, 0.25) is 0 Å². The summed E-state index contributed by atoms with van der Waals surface area (Å²) in [6.07, 6.45) is -0.757. The Labute approximate surface area is 128 Å². The molecular weight excluding hydrogens is 280 g/mol. The van der Waals surface area contributed by atoms with E-state index in [4.69, 9.17) is 15.1 Å². The highest BCUT2D eigenvalue weighted by Gasteiger charge is 2.16. The highest BCUT2D eigenvalue weighted by atomic mass is 16.5. The van der Waals surface area contributed by atoms with E-state index in [2.05, 4.69) is 5.32 Å². The molecule has 22 heavy (non-hydrogen) atoms. The molecule has 5 heteroatoms. The minimum atomic E-state index is -0.757. The standard InChI is InChI=1S/C17H16N2O3/c1-12(22-16-8-3-2-6-14(16)10-18)17(21)19-15-7-4-5-13(9-15)11-20/h2-9,12,20H,11H2,1H3,(H,19,21). The highest BCUT2D eigenvalue weighted by Crippen LogP contribution is 2.19. The number of carbonyl (C=O) groups excluding carboxylic acids is 1. The van der Waals surface area contributed by atoms with Gasteiger partial charge in [-0.2, -0.15) is 5.26 Å². The van der Waals surface area contributed by atoms with Crippen molar-refractivity contribution in [2.24, 2.45) is 0 Å². The van der Waals surface area contributed by atoms with Crippen molar-refractivity contribution < 1.29 is 14.6 Å². The molecule has 0 saturated carbocycles. The first-order valence-electron chi connectivity index (χ1n) is 6.80. The molecule has 0 spiro atoms. The largest absolute Gasteiger partial charge is 0.480 e. The summed E-state index contributed by atoms with van der Waals surface area (Å²) >= 11 is 0. The monoisotopic (exact) mass is 296 g/mol. The lowest BCUT2D eigenvalue weighted by Crippen LogP contribution is -2.30. The first-order chi connectivity index (χ1) is 10.6. The van der Waals surface area contributed by atoms with Crippen molar-refractivity contribution in [2.75, 3.05) is 5.32 Å². The number of benzene rings is 2. The maximum absolute atomic E-state index is 12.1. The molecule has 1 amide bonds. The van der Waals surface area contributed by atoms with Gasteiger partial charge in [-0.1, -0.05) is 24.3 Å². The number of nitrogens with one attached hydrogen (secondary N) is 1. The fraction of sp³-hybridized carbons (Fsp3) is 0.176. The van der Waals surface area contributed by atoms with E-state index in [1.807, 2.05) is 6.07 Å². The molecule has 5 nitrogen and oxygen atoms in total. The molecule has 2 N–H and O–H groups in total.